The number of aromatic nitrogens is 4. The Labute approximate surface area is 321 Å². The molecule has 55 heavy (non-hydrogen) atoms. The molecule has 9 rings (SSSR count). The van der Waals surface area contributed by atoms with Crippen LogP contribution in [0.2, 0.25) is 0 Å². The largest absolute Gasteiger partial charge is 0.295 e. The van der Waals surface area contributed by atoms with Crippen LogP contribution < -0.4 is 4.90 Å². The molecule has 0 saturated heterocycles. The van der Waals surface area contributed by atoms with E-state index in [1.165, 1.54) is 0 Å². The predicted octanol–water partition coefficient (Wildman–Crippen LogP) is 12.7. The smallest absolute Gasteiger partial charge is 0.162 e. The van der Waals surface area contributed by atoms with E-state index < -0.39 is 0 Å². The molecule has 260 valence electrons. The third-order valence-electron chi connectivity index (χ3n) is 9.48. The van der Waals surface area contributed by atoms with Crippen LogP contribution in [-0.2, 0) is 0 Å². The van der Waals surface area contributed by atoms with E-state index in [0.29, 0.717) is 11.6 Å². The number of hydrogen-bond acceptors (Lipinski definition) is 5. The van der Waals surface area contributed by atoms with Crippen LogP contribution in [0.25, 0.3) is 67.7 Å². The van der Waals surface area contributed by atoms with Crippen LogP contribution in [0.4, 0.5) is 17.2 Å². The highest BCUT2D eigenvalue weighted by molar-refractivity contribution is 5.81. The molecule has 2 heterocycles. The summed E-state index contributed by atoms with van der Waals surface area (Å²) in [7, 11) is 0. The zero-order valence-corrected chi connectivity index (χ0v) is 29.9. The van der Waals surface area contributed by atoms with Gasteiger partial charge >= 0.3 is 0 Å². The van der Waals surface area contributed by atoms with Crippen molar-refractivity contribution in [3.8, 4) is 67.7 Å². The monoisotopic (exact) mass is 705 g/mol. The van der Waals surface area contributed by atoms with Crippen molar-refractivity contribution in [2.75, 3.05) is 4.90 Å². The molecule has 0 aliphatic rings. The fraction of sp³-hybridized carbons (Fsp3) is 0. The summed E-state index contributed by atoms with van der Waals surface area (Å²) in [5.74, 6) is 2.13. The van der Waals surface area contributed by atoms with E-state index in [4.69, 9.17) is 19.9 Å². The molecular weight excluding hydrogens is 671 g/mol. The molecule has 2 aromatic heterocycles. The highest BCUT2D eigenvalue weighted by Gasteiger charge is 2.18. The molecule has 0 amide bonds. The summed E-state index contributed by atoms with van der Waals surface area (Å²) < 4.78 is 0. The molecule has 5 nitrogen and oxygen atoms in total. The lowest BCUT2D eigenvalue weighted by Crippen LogP contribution is -2.12. The topological polar surface area (TPSA) is 54.8 Å². The minimum atomic E-state index is 0.657. The van der Waals surface area contributed by atoms with E-state index in [9.17, 15) is 0 Å². The van der Waals surface area contributed by atoms with Crippen LogP contribution in [0.15, 0.2) is 212 Å². The van der Waals surface area contributed by atoms with E-state index in [1.807, 2.05) is 66.7 Å². The molecule has 0 aliphatic carbocycles. The van der Waals surface area contributed by atoms with Crippen molar-refractivity contribution in [3.63, 3.8) is 0 Å². The van der Waals surface area contributed by atoms with Crippen molar-refractivity contribution >= 4 is 17.2 Å². The van der Waals surface area contributed by atoms with Crippen molar-refractivity contribution in [3.05, 3.63) is 212 Å². The first-order valence-corrected chi connectivity index (χ1v) is 18.3. The Morgan fingerprint density at radius 3 is 1.07 bits per heavy atom. The summed E-state index contributed by atoms with van der Waals surface area (Å²) in [6.45, 7) is 0. The van der Waals surface area contributed by atoms with Crippen LogP contribution >= 0.6 is 0 Å². The van der Waals surface area contributed by atoms with Gasteiger partial charge in [0.25, 0.3) is 0 Å². The average Bonchev–Trinajstić information content (AvgIpc) is 3.28. The number of para-hydroxylation sites is 2. The van der Waals surface area contributed by atoms with E-state index in [2.05, 4.69) is 150 Å². The van der Waals surface area contributed by atoms with Crippen LogP contribution in [0.5, 0.6) is 0 Å². The molecule has 9 aromatic rings. The van der Waals surface area contributed by atoms with Gasteiger partial charge in [0.05, 0.1) is 17.1 Å². The zero-order chi connectivity index (χ0) is 36.8. The fourth-order valence-corrected chi connectivity index (χ4v) is 6.77. The fourth-order valence-electron chi connectivity index (χ4n) is 6.77. The van der Waals surface area contributed by atoms with Gasteiger partial charge < -0.3 is 0 Å². The molecule has 7 aromatic carbocycles. The average molecular weight is 706 g/mol. The van der Waals surface area contributed by atoms with Gasteiger partial charge in [-0.3, -0.25) is 4.90 Å². The summed E-state index contributed by atoms with van der Waals surface area (Å²) in [4.78, 5) is 22.6. The summed E-state index contributed by atoms with van der Waals surface area (Å²) in [6.07, 6.45) is 0. The van der Waals surface area contributed by atoms with E-state index in [0.717, 1.165) is 73.2 Å². The van der Waals surface area contributed by atoms with Crippen molar-refractivity contribution in [1.82, 2.24) is 19.9 Å². The lowest BCUT2D eigenvalue weighted by molar-refractivity contribution is 1.12. The lowest BCUT2D eigenvalue weighted by atomic mass is 9.98. The molecule has 0 radical (unpaired) electrons. The number of anilines is 3. The van der Waals surface area contributed by atoms with Crippen LogP contribution in [0, 0.1) is 0 Å². The molecule has 0 aliphatic heterocycles. The predicted molar refractivity (Wildman–Crippen MR) is 225 cm³/mol. The molecule has 0 N–H and O–H groups in total. The second kappa shape index (κ2) is 15.2. The highest BCUT2D eigenvalue weighted by Crippen LogP contribution is 2.37. The number of hydrogen-bond donors (Lipinski definition) is 0. The van der Waals surface area contributed by atoms with Crippen LogP contribution in [0.3, 0.4) is 0 Å². The van der Waals surface area contributed by atoms with Gasteiger partial charge in [-0.1, -0.05) is 164 Å². The summed E-state index contributed by atoms with van der Waals surface area (Å²) in [5, 5.41) is 0. The molecule has 0 fully saturated rings. The van der Waals surface area contributed by atoms with Gasteiger partial charge in [-0.25, -0.2) is 19.9 Å². The SMILES string of the molecule is c1ccc(-c2cc(-c3cccc(-c4cccc(-c5cc(N(c6ccccc6)c6ccccc6)nc(-c6ccccc6)n5)c4)c3)nc(-c3ccccc3)n2)cc1. The molecule has 0 atom stereocenters. The molecule has 0 bridgehead atoms. The van der Waals surface area contributed by atoms with Gasteiger partial charge in [-0.15, -0.1) is 0 Å². The standard InChI is InChI=1S/C50H35N5/c1-6-18-36(19-7-1)45-34-46(52-49(51-45)37-20-8-2-9-21-37)41-26-16-24-39(32-41)40-25-17-27-42(33-40)47-35-48(54-50(53-47)38-22-10-3-11-23-38)55(43-28-12-4-13-29-43)44-30-14-5-15-31-44/h1-35H. The number of rotatable bonds is 9. The zero-order valence-electron chi connectivity index (χ0n) is 29.9. The quantitative estimate of drug-likeness (QED) is 0.150. The van der Waals surface area contributed by atoms with Gasteiger partial charge in [0.2, 0.25) is 0 Å². The van der Waals surface area contributed by atoms with E-state index >= 15 is 0 Å². The Balaban J connectivity index is 1.14. The Hall–Kier alpha value is -7.50. The van der Waals surface area contributed by atoms with Gasteiger partial charge in [0.15, 0.2) is 11.6 Å². The van der Waals surface area contributed by atoms with Gasteiger partial charge in [0, 0.05) is 45.3 Å². The number of benzene rings is 7. The van der Waals surface area contributed by atoms with Gasteiger partial charge in [0.1, 0.15) is 5.82 Å². The molecule has 5 heteroatoms. The maximum atomic E-state index is 5.17. The first kappa shape index (κ1) is 33.3. The highest BCUT2D eigenvalue weighted by atomic mass is 15.2. The molecule has 0 spiro atoms. The van der Waals surface area contributed by atoms with Crippen LogP contribution in [0.1, 0.15) is 0 Å². The van der Waals surface area contributed by atoms with E-state index in [1.54, 1.807) is 0 Å². The van der Waals surface area contributed by atoms with Crippen molar-refractivity contribution in [2.24, 2.45) is 0 Å². The Morgan fingerprint density at radius 1 is 0.255 bits per heavy atom. The number of nitrogens with zero attached hydrogens (tertiary/aromatic N) is 5. The first-order valence-electron chi connectivity index (χ1n) is 18.3. The van der Waals surface area contributed by atoms with Crippen molar-refractivity contribution < 1.29 is 0 Å². The molecule has 0 unspecified atom stereocenters. The van der Waals surface area contributed by atoms with Crippen molar-refractivity contribution in [2.45, 2.75) is 0 Å². The Bertz CT molecular complexity index is 2590. The Kier molecular flexibility index (Phi) is 9.23. The summed E-state index contributed by atoms with van der Waals surface area (Å²) in [5.41, 5.74) is 11.7. The van der Waals surface area contributed by atoms with E-state index in [-0.39, 0.29) is 0 Å². The maximum absolute atomic E-state index is 5.17. The van der Waals surface area contributed by atoms with Gasteiger partial charge in [-0.2, -0.15) is 0 Å². The summed E-state index contributed by atoms with van der Waals surface area (Å²) >= 11 is 0. The maximum Gasteiger partial charge on any atom is 0.162 e. The molecule has 0 saturated carbocycles. The Morgan fingerprint density at radius 2 is 0.600 bits per heavy atom. The van der Waals surface area contributed by atoms with Crippen molar-refractivity contribution in [1.29, 1.82) is 0 Å². The minimum Gasteiger partial charge on any atom is -0.295 e. The lowest BCUT2D eigenvalue weighted by Gasteiger charge is -2.25. The summed E-state index contributed by atoms with van der Waals surface area (Å²) in [6, 6.07) is 72.6. The van der Waals surface area contributed by atoms with Gasteiger partial charge in [-0.05, 0) is 53.6 Å². The third kappa shape index (κ3) is 7.28. The third-order valence-corrected chi connectivity index (χ3v) is 9.48. The minimum absolute atomic E-state index is 0.657. The second-order valence-electron chi connectivity index (χ2n) is 13.2. The van der Waals surface area contributed by atoms with Crippen LogP contribution in [-0.4, -0.2) is 19.9 Å². The first-order chi connectivity index (χ1) is 27.2. The molecular formula is C50H35N5. The second-order valence-corrected chi connectivity index (χ2v) is 13.2. The normalized spacial score (nSPS) is 10.9.